The van der Waals surface area contributed by atoms with Crippen LogP contribution in [0.3, 0.4) is 0 Å². The Hall–Kier alpha value is -3.40. The lowest BCUT2D eigenvalue weighted by Gasteiger charge is -2.26. The molecule has 0 saturated carbocycles. The Bertz CT molecular complexity index is 1180. The predicted octanol–water partition coefficient (Wildman–Crippen LogP) is 3.30. The Morgan fingerprint density at radius 1 is 0.853 bits per heavy atom. The molecule has 178 valence electrons. The minimum absolute atomic E-state index is 0.181. The van der Waals surface area contributed by atoms with Gasteiger partial charge < -0.3 is 19.5 Å². The van der Waals surface area contributed by atoms with Gasteiger partial charge in [-0.1, -0.05) is 30.3 Å². The van der Waals surface area contributed by atoms with Gasteiger partial charge in [0.25, 0.3) is 5.91 Å². The maximum absolute atomic E-state index is 12.7. The molecule has 3 aromatic carbocycles. The second-order valence-electron chi connectivity index (χ2n) is 7.62. The molecule has 9 heteroatoms. The van der Waals surface area contributed by atoms with Crippen LogP contribution in [0.1, 0.15) is 5.56 Å². The molecule has 0 bridgehead atoms. The minimum Gasteiger partial charge on any atom is -0.489 e. The van der Waals surface area contributed by atoms with Crippen molar-refractivity contribution >= 4 is 21.6 Å². The Morgan fingerprint density at radius 3 is 2.15 bits per heavy atom. The van der Waals surface area contributed by atoms with Crippen molar-refractivity contribution in [3.8, 4) is 11.5 Å². The summed E-state index contributed by atoms with van der Waals surface area (Å²) < 4.78 is 43.2. The van der Waals surface area contributed by atoms with E-state index in [2.05, 4.69) is 5.32 Å². The van der Waals surface area contributed by atoms with Crippen LogP contribution in [0.5, 0.6) is 11.5 Å². The van der Waals surface area contributed by atoms with Gasteiger partial charge in [0, 0.05) is 18.8 Å². The van der Waals surface area contributed by atoms with Crippen molar-refractivity contribution in [1.82, 2.24) is 4.31 Å². The van der Waals surface area contributed by atoms with E-state index in [1.807, 2.05) is 30.3 Å². The second kappa shape index (κ2) is 11.1. The summed E-state index contributed by atoms with van der Waals surface area (Å²) in [6.45, 7) is 1.70. The van der Waals surface area contributed by atoms with Gasteiger partial charge in [0.05, 0.1) is 18.1 Å². The molecular weight excluding hydrogens is 456 g/mol. The highest BCUT2D eigenvalue weighted by atomic mass is 32.2. The molecule has 1 fully saturated rings. The normalized spacial score (nSPS) is 14.4. The molecule has 0 atom stereocenters. The molecule has 1 aliphatic heterocycles. The first-order valence-electron chi connectivity index (χ1n) is 10.9. The molecule has 1 saturated heterocycles. The second-order valence-corrected chi connectivity index (χ2v) is 9.56. The van der Waals surface area contributed by atoms with Gasteiger partial charge in [-0.05, 0) is 54.1 Å². The van der Waals surface area contributed by atoms with Crippen LogP contribution >= 0.6 is 0 Å². The highest BCUT2D eigenvalue weighted by Crippen LogP contribution is 2.21. The van der Waals surface area contributed by atoms with Crippen molar-refractivity contribution in [2.45, 2.75) is 11.5 Å². The third kappa shape index (κ3) is 6.34. The first-order chi connectivity index (χ1) is 16.5. The SMILES string of the molecule is O=C(COc1ccc(S(=O)(=O)N2CCOCC2)cc1)Nc1ccc(OCc2ccccc2)cc1. The van der Waals surface area contributed by atoms with Crippen molar-refractivity contribution in [3.63, 3.8) is 0 Å². The molecule has 0 spiro atoms. The summed E-state index contributed by atoms with van der Waals surface area (Å²) in [6.07, 6.45) is 0. The number of nitrogens with one attached hydrogen (secondary N) is 1. The number of hydrogen-bond acceptors (Lipinski definition) is 6. The lowest BCUT2D eigenvalue weighted by Crippen LogP contribution is -2.40. The Morgan fingerprint density at radius 2 is 1.47 bits per heavy atom. The molecule has 1 N–H and O–H groups in total. The van der Waals surface area contributed by atoms with Crippen LogP contribution in [-0.4, -0.2) is 51.5 Å². The van der Waals surface area contributed by atoms with E-state index < -0.39 is 10.0 Å². The van der Waals surface area contributed by atoms with Gasteiger partial charge in [0.2, 0.25) is 10.0 Å². The summed E-state index contributed by atoms with van der Waals surface area (Å²) in [5.74, 6) is 0.772. The smallest absolute Gasteiger partial charge is 0.262 e. The number of amides is 1. The van der Waals surface area contributed by atoms with Crippen molar-refractivity contribution < 1.29 is 27.4 Å². The molecular formula is C25H26N2O6S. The monoisotopic (exact) mass is 482 g/mol. The fourth-order valence-corrected chi connectivity index (χ4v) is 4.77. The summed E-state index contributed by atoms with van der Waals surface area (Å²) >= 11 is 0. The summed E-state index contributed by atoms with van der Waals surface area (Å²) in [5.41, 5.74) is 1.69. The molecule has 1 amide bonds. The van der Waals surface area contributed by atoms with Crippen LogP contribution in [0, 0.1) is 0 Å². The first kappa shape index (κ1) is 23.7. The van der Waals surface area contributed by atoms with Gasteiger partial charge in [0.1, 0.15) is 18.1 Å². The fraction of sp³-hybridized carbons (Fsp3) is 0.240. The molecule has 34 heavy (non-hydrogen) atoms. The van der Waals surface area contributed by atoms with Crippen LogP contribution in [0.15, 0.2) is 83.8 Å². The van der Waals surface area contributed by atoms with Gasteiger partial charge in [-0.2, -0.15) is 4.31 Å². The summed E-state index contributed by atoms with van der Waals surface area (Å²) in [5, 5.41) is 2.76. The molecule has 0 aromatic heterocycles. The highest BCUT2D eigenvalue weighted by Gasteiger charge is 2.26. The topological polar surface area (TPSA) is 94.2 Å². The van der Waals surface area contributed by atoms with E-state index in [0.717, 1.165) is 5.56 Å². The average Bonchev–Trinajstić information content (AvgIpc) is 2.88. The zero-order valence-electron chi connectivity index (χ0n) is 18.6. The number of morpholine rings is 1. The lowest BCUT2D eigenvalue weighted by atomic mass is 10.2. The molecule has 8 nitrogen and oxygen atoms in total. The summed E-state index contributed by atoms with van der Waals surface area (Å²) in [6, 6.07) is 23.0. The van der Waals surface area contributed by atoms with E-state index in [9.17, 15) is 13.2 Å². The first-order valence-corrected chi connectivity index (χ1v) is 12.3. The Kier molecular flexibility index (Phi) is 7.79. The van der Waals surface area contributed by atoms with E-state index in [-0.39, 0.29) is 17.4 Å². The Balaban J connectivity index is 1.24. The van der Waals surface area contributed by atoms with Crippen LogP contribution in [-0.2, 0) is 26.2 Å². The molecule has 0 unspecified atom stereocenters. The van der Waals surface area contributed by atoms with Crippen molar-refractivity contribution in [1.29, 1.82) is 0 Å². The van der Waals surface area contributed by atoms with Crippen LogP contribution < -0.4 is 14.8 Å². The summed E-state index contributed by atoms with van der Waals surface area (Å²) in [4.78, 5) is 12.4. The van der Waals surface area contributed by atoms with Crippen LogP contribution in [0.25, 0.3) is 0 Å². The number of carbonyl (C=O) groups is 1. The molecule has 1 heterocycles. The van der Waals surface area contributed by atoms with E-state index in [1.54, 1.807) is 36.4 Å². The lowest BCUT2D eigenvalue weighted by molar-refractivity contribution is -0.118. The minimum atomic E-state index is -3.57. The molecule has 1 aliphatic rings. The number of anilines is 1. The van der Waals surface area contributed by atoms with Gasteiger partial charge >= 0.3 is 0 Å². The van der Waals surface area contributed by atoms with E-state index in [4.69, 9.17) is 14.2 Å². The average molecular weight is 483 g/mol. The number of sulfonamides is 1. The van der Waals surface area contributed by atoms with Crippen molar-refractivity contribution in [2.75, 3.05) is 38.2 Å². The van der Waals surface area contributed by atoms with Crippen molar-refractivity contribution in [2.24, 2.45) is 0 Å². The van der Waals surface area contributed by atoms with Gasteiger partial charge in [-0.15, -0.1) is 0 Å². The van der Waals surface area contributed by atoms with E-state index >= 15 is 0 Å². The number of carbonyl (C=O) groups excluding carboxylic acids is 1. The van der Waals surface area contributed by atoms with Crippen molar-refractivity contribution in [3.05, 3.63) is 84.4 Å². The van der Waals surface area contributed by atoms with E-state index in [0.29, 0.717) is 50.1 Å². The predicted molar refractivity (Wildman–Crippen MR) is 127 cm³/mol. The van der Waals surface area contributed by atoms with Gasteiger partial charge in [-0.25, -0.2) is 8.42 Å². The van der Waals surface area contributed by atoms with Gasteiger partial charge in [0.15, 0.2) is 6.61 Å². The van der Waals surface area contributed by atoms with Gasteiger partial charge in [-0.3, -0.25) is 4.79 Å². The summed E-state index contributed by atoms with van der Waals surface area (Å²) in [7, 11) is -3.57. The third-order valence-corrected chi connectivity index (χ3v) is 7.10. The van der Waals surface area contributed by atoms with Crippen LogP contribution in [0.4, 0.5) is 5.69 Å². The molecule has 0 radical (unpaired) electrons. The van der Waals surface area contributed by atoms with E-state index in [1.165, 1.54) is 16.4 Å². The standard InChI is InChI=1S/C25H26N2O6S/c28-25(26-21-6-8-22(9-7-21)32-18-20-4-2-1-3-5-20)19-33-23-10-12-24(13-11-23)34(29,30)27-14-16-31-17-15-27/h1-13H,14-19H2,(H,26,28). The zero-order chi connectivity index (χ0) is 23.8. The quantitative estimate of drug-likeness (QED) is 0.503. The number of rotatable bonds is 9. The van der Waals surface area contributed by atoms with Crippen LogP contribution in [0.2, 0.25) is 0 Å². The molecule has 3 aromatic rings. The molecule has 0 aliphatic carbocycles. The number of hydrogen-bond donors (Lipinski definition) is 1. The maximum Gasteiger partial charge on any atom is 0.262 e. The number of benzene rings is 3. The zero-order valence-corrected chi connectivity index (χ0v) is 19.4. The fourth-order valence-electron chi connectivity index (χ4n) is 3.37. The largest absolute Gasteiger partial charge is 0.489 e. The molecule has 4 rings (SSSR count). The Labute approximate surface area is 199 Å². The maximum atomic E-state index is 12.7. The number of ether oxygens (including phenoxy) is 3. The number of nitrogens with zero attached hydrogens (tertiary/aromatic N) is 1. The highest BCUT2D eigenvalue weighted by molar-refractivity contribution is 7.89. The third-order valence-electron chi connectivity index (χ3n) is 5.19.